The molecule has 1 heterocycles. The van der Waals surface area contributed by atoms with Crippen LogP contribution in [0.1, 0.15) is 69.0 Å². The molecule has 0 amide bonds. The SMILES string of the molecule is CCCCCCCn1nc(C)c(C(C)O)c1C. The van der Waals surface area contributed by atoms with Crippen LogP contribution in [0.3, 0.4) is 0 Å². The lowest BCUT2D eigenvalue weighted by Crippen LogP contribution is -2.03. The molecule has 1 atom stereocenters. The third-order valence-electron chi connectivity index (χ3n) is 3.33. The van der Waals surface area contributed by atoms with Crippen LogP contribution in [0.25, 0.3) is 0 Å². The van der Waals surface area contributed by atoms with E-state index < -0.39 is 6.10 Å². The summed E-state index contributed by atoms with van der Waals surface area (Å²) in [6.45, 7) is 9.04. The Labute approximate surface area is 105 Å². The summed E-state index contributed by atoms with van der Waals surface area (Å²) in [5.41, 5.74) is 3.08. The van der Waals surface area contributed by atoms with Gasteiger partial charge in [0.05, 0.1) is 11.8 Å². The van der Waals surface area contributed by atoms with Gasteiger partial charge in [-0.05, 0) is 27.2 Å². The van der Waals surface area contributed by atoms with Crippen LogP contribution in [0.4, 0.5) is 0 Å². The zero-order valence-corrected chi connectivity index (χ0v) is 11.7. The molecule has 0 radical (unpaired) electrons. The number of unbranched alkanes of at least 4 members (excludes halogenated alkanes) is 4. The molecule has 0 bridgehead atoms. The Balaban J connectivity index is 2.52. The second-order valence-corrected chi connectivity index (χ2v) is 4.90. The van der Waals surface area contributed by atoms with E-state index in [0.29, 0.717) is 0 Å². The van der Waals surface area contributed by atoms with Gasteiger partial charge in [-0.3, -0.25) is 4.68 Å². The number of rotatable bonds is 7. The first-order chi connectivity index (χ1) is 8.07. The van der Waals surface area contributed by atoms with Crippen molar-refractivity contribution in [1.82, 2.24) is 9.78 Å². The molecule has 1 rings (SSSR count). The molecule has 1 aromatic rings. The van der Waals surface area contributed by atoms with Gasteiger partial charge in [-0.15, -0.1) is 0 Å². The van der Waals surface area contributed by atoms with Crippen molar-refractivity contribution >= 4 is 0 Å². The number of hydrogen-bond donors (Lipinski definition) is 1. The van der Waals surface area contributed by atoms with E-state index >= 15 is 0 Å². The highest BCUT2D eigenvalue weighted by molar-refractivity contribution is 5.26. The number of aliphatic hydroxyl groups excluding tert-OH is 1. The van der Waals surface area contributed by atoms with Crippen LogP contribution in [0.15, 0.2) is 0 Å². The number of aromatic nitrogens is 2. The second kappa shape index (κ2) is 6.80. The Kier molecular flexibility index (Phi) is 5.69. The summed E-state index contributed by atoms with van der Waals surface area (Å²) in [5.74, 6) is 0. The molecule has 0 aliphatic rings. The van der Waals surface area contributed by atoms with Crippen LogP contribution in [-0.4, -0.2) is 14.9 Å². The van der Waals surface area contributed by atoms with Crippen LogP contribution in [-0.2, 0) is 6.54 Å². The Morgan fingerprint density at radius 2 is 1.82 bits per heavy atom. The van der Waals surface area contributed by atoms with Gasteiger partial charge in [0.2, 0.25) is 0 Å². The van der Waals surface area contributed by atoms with Crippen molar-refractivity contribution in [3.05, 3.63) is 17.0 Å². The van der Waals surface area contributed by atoms with E-state index in [2.05, 4.69) is 12.0 Å². The highest BCUT2D eigenvalue weighted by atomic mass is 16.3. The maximum absolute atomic E-state index is 9.69. The van der Waals surface area contributed by atoms with Gasteiger partial charge < -0.3 is 5.11 Å². The van der Waals surface area contributed by atoms with E-state index in [1.807, 2.05) is 25.5 Å². The number of nitrogens with zero attached hydrogens (tertiary/aromatic N) is 2. The fraction of sp³-hybridized carbons (Fsp3) is 0.786. The average molecular weight is 238 g/mol. The van der Waals surface area contributed by atoms with Crippen molar-refractivity contribution in [3.63, 3.8) is 0 Å². The first-order valence-electron chi connectivity index (χ1n) is 6.79. The normalized spacial score (nSPS) is 13.0. The lowest BCUT2D eigenvalue weighted by atomic mass is 10.1. The Hall–Kier alpha value is -0.830. The van der Waals surface area contributed by atoms with E-state index in [0.717, 1.165) is 23.5 Å². The van der Waals surface area contributed by atoms with E-state index in [4.69, 9.17) is 0 Å². The minimum Gasteiger partial charge on any atom is -0.389 e. The fourth-order valence-corrected chi connectivity index (χ4v) is 2.40. The minimum absolute atomic E-state index is 0.413. The third-order valence-corrected chi connectivity index (χ3v) is 3.33. The lowest BCUT2D eigenvalue weighted by molar-refractivity contribution is 0.197. The van der Waals surface area contributed by atoms with Gasteiger partial charge in [0, 0.05) is 17.8 Å². The first kappa shape index (κ1) is 14.2. The molecule has 1 N–H and O–H groups in total. The van der Waals surface area contributed by atoms with Crippen molar-refractivity contribution in [1.29, 1.82) is 0 Å². The number of aryl methyl sites for hydroxylation is 2. The van der Waals surface area contributed by atoms with Crippen molar-refractivity contribution in [2.45, 2.75) is 72.4 Å². The summed E-state index contributed by atoms with van der Waals surface area (Å²) in [5, 5.41) is 14.2. The zero-order chi connectivity index (χ0) is 12.8. The molecule has 3 nitrogen and oxygen atoms in total. The summed E-state index contributed by atoms with van der Waals surface area (Å²) in [4.78, 5) is 0. The summed E-state index contributed by atoms with van der Waals surface area (Å²) in [6, 6.07) is 0. The predicted octanol–water partition coefficient (Wildman–Crippen LogP) is 3.52. The molecular weight excluding hydrogens is 212 g/mol. The quantitative estimate of drug-likeness (QED) is 0.738. The van der Waals surface area contributed by atoms with Crippen molar-refractivity contribution in [3.8, 4) is 0 Å². The zero-order valence-electron chi connectivity index (χ0n) is 11.7. The molecule has 0 spiro atoms. The number of aliphatic hydroxyl groups is 1. The van der Waals surface area contributed by atoms with E-state index in [-0.39, 0.29) is 0 Å². The maximum atomic E-state index is 9.69. The molecule has 1 aromatic heterocycles. The molecule has 0 saturated heterocycles. The van der Waals surface area contributed by atoms with E-state index in [1.54, 1.807) is 0 Å². The Bertz CT molecular complexity index is 342. The standard InChI is InChI=1S/C14H26N2O/c1-5-6-7-8-9-10-16-12(3)14(13(4)17)11(2)15-16/h13,17H,5-10H2,1-4H3. The topological polar surface area (TPSA) is 38.0 Å². The van der Waals surface area contributed by atoms with E-state index in [1.165, 1.54) is 32.1 Å². The maximum Gasteiger partial charge on any atom is 0.0797 e. The molecular formula is C14H26N2O. The van der Waals surface area contributed by atoms with Gasteiger partial charge in [0.1, 0.15) is 0 Å². The van der Waals surface area contributed by atoms with Crippen molar-refractivity contribution in [2.24, 2.45) is 0 Å². The van der Waals surface area contributed by atoms with Crippen molar-refractivity contribution in [2.75, 3.05) is 0 Å². The smallest absolute Gasteiger partial charge is 0.0797 e. The molecule has 98 valence electrons. The summed E-state index contributed by atoms with van der Waals surface area (Å²) in [7, 11) is 0. The predicted molar refractivity (Wildman–Crippen MR) is 71.1 cm³/mol. The monoisotopic (exact) mass is 238 g/mol. The van der Waals surface area contributed by atoms with Gasteiger partial charge in [-0.2, -0.15) is 5.10 Å². The molecule has 0 aromatic carbocycles. The highest BCUT2D eigenvalue weighted by Gasteiger charge is 2.14. The minimum atomic E-state index is -0.413. The largest absolute Gasteiger partial charge is 0.389 e. The van der Waals surface area contributed by atoms with Crippen LogP contribution in [0, 0.1) is 13.8 Å². The molecule has 0 aliphatic heterocycles. The molecule has 0 fully saturated rings. The highest BCUT2D eigenvalue weighted by Crippen LogP contribution is 2.21. The van der Waals surface area contributed by atoms with Gasteiger partial charge in [-0.25, -0.2) is 0 Å². The average Bonchev–Trinajstić information content (AvgIpc) is 2.53. The van der Waals surface area contributed by atoms with Gasteiger partial charge in [0.25, 0.3) is 0 Å². The molecule has 17 heavy (non-hydrogen) atoms. The lowest BCUT2D eigenvalue weighted by Gasteiger charge is -2.07. The summed E-state index contributed by atoms with van der Waals surface area (Å²) < 4.78 is 2.04. The summed E-state index contributed by atoms with van der Waals surface area (Å²) in [6.07, 6.45) is 5.97. The van der Waals surface area contributed by atoms with Gasteiger partial charge >= 0.3 is 0 Å². The van der Waals surface area contributed by atoms with Crippen molar-refractivity contribution < 1.29 is 5.11 Å². The Morgan fingerprint density at radius 3 is 2.35 bits per heavy atom. The molecule has 0 saturated carbocycles. The van der Waals surface area contributed by atoms with Crippen LogP contribution >= 0.6 is 0 Å². The third kappa shape index (κ3) is 3.84. The Morgan fingerprint density at radius 1 is 1.18 bits per heavy atom. The molecule has 0 aliphatic carbocycles. The van der Waals surface area contributed by atoms with Crippen LogP contribution < -0.4 is 0 Å². The molecule has 3 heteroatoms. The van der Waals surface area contributed by atoms with Gasteiger partial charge in [-0.1, -0.05) is 32.6 Å². The number of hydrogen-bond acceptors (Lipinski definition) is 2. The van der Waals surface area contributed by atoms with E-state index in [9.17, 15) is 5.11 Å². The summed E-state index contributed by atoms with van der Waals surface area (Å²) >= 11 is 0. The van der Waals surface area contributed by atoms with Crippen LogP contribution in [0.2, 0.25) is 0 Å². The van der Waals surface area contributed by atoms with Gasteiger partial charge in [0.15, 0.2) is 0 Å². The molecule has 1 unspecified atom stereocenters. The van der Waals surface area contributed by atoms with Crippen LogP contribution in [0.5, 0.6) is 0 Å². The second-order valence-electron chi connectivity index (χ2n) is 4.90. The first-order valence-corrected chi connectivity index (χ1v) is 6.79. The fourth-order valence-electron chi connectivity index (χ4n) is 2.40.